The first-order valence-corrected chi connectivity index (χ1v) is 10.6. The van der Waals surface area contributed by atoms with Crippen LogP contribution in [0.5, 0.6) is 0 Å². The van der Waals surface area contributed by atoms with Crippen molar-refractivity contribution in [3.05, 3.63) is 0 Å². The van der Waals surface area contributed by atoms with Crippen molar-refractivity contribution in [3.8, 4) is 0 Å². The van der Waals surface area contributed by atoms with Crippen molar-refractivity contribution >= 4 is 36.0 Å². The number of rotatable bonds is 11. The maximum atomic E-state index is 13.2. The lowest BCUT2D eigenvalue weighted by Gasteiger charge is -2.34. The van der Waals surface area contributed by atoms with Gasteiger partial charge in [0.2, 0.25) is 11.4 Å². The molecule has 1 aliphatic heterocycles. The van der Waals surface area contributed by atoms with E-state index in [0.717, 1.165) is 4.90 Å². The minimum Gasteiger partial charge on any atom is -0.481 e. The topological polar surface area (TPSA) is 220 Å². The molecule has 0 bridgehead atoms. The van der Waals surface area contributed by atoms with Gasteiger partial charge < -0.3 is 42.1 Å². The van der Waals surface area contributed by atoms with Crippen LogP contribution in [0.1, 0.15) is 52.9 Å². The zero-order chi connectivity index (χ0) is 25.4. The Morgan fingerprint density at radius 1 is 1.27 bits per heavy atom. The Morgan fingerprint density at radius 3 is 2.42 bits per heavy atom. The van der Waals surface area contributed by atoms with E-state index in [9.17, 15) is 29.1 Å². The Hall–Kier alpha value is -3.22. The van der Waals surface area contributed by atoms with Crippen molar-refractivity contribution in [3.63, 3.8) is 0 Å². The summed E-state index contributed by atoms with van der Waals surface area (Å²) in [5.74, 6) is -4.38. The third kappa shape index (κ3) is 8.33. The summed E-state index contributed by atoms with van der Waals surface area (Å²) in [6.07, 6.45) is 0.939. The number of carbonyl (C=O) groups is 5. The molecule has 1 heterocycles. The first kappa shape index (κ1) is 27.8. The molecule has 186 valence electrons. The predicted octanol–water partition coefficient (Wildman–Crippen LogP) is -1.77. The van der Waals surface area contributed by atoms with Gasteiger partial charge in [-0.15, -0.1) is 0 Å². The number of nitrogens with zero attached hydrogens (tertiary/aromatic N) is 2. The molecule has 0 radical (unpaired) electrons. The second-order valence-corrected chi connectivity index (χ2v) is 8.90. The van der Waals surface area contributed by atoms with E-state index in [0.29, 0.717) is 19.1 Å². The number of aldehydes is 1. The van der Waals surface area contributed by atoms with Crippen LogP contribution >= 0.6 is 0 Å². The Bertz CT molecular complexity index is 790. The number of nitrogens with one attached hydrogen (secondary N) is 1. The van der Waals surface area contributed by atoms with E-state index in [2.05, 4.69) is 10.3 Å². The molecule has 33 heavy (non-hydrogen) atoms. The fourth-order valence-electron chi connectivity index (χ4n) is 3.35. The zero-order valence-corrected chi connectivity index (χ0v) is 19.2. The van der Waals surface area contributed by atoms with E-state index in [-0.39, 0.29) is 31.9 Å². The van der Waals surface area contributed by atoms with Gasteiger partial charge in [-0.05, 0) is 46.5 Å². The Labute approximate surface area is 192 Å². The van der Waals surface area contributed by atoms with E-state index < -0.39 is 53.4 Å². The van der Waals surface area contributed by atoms with E-state index >= 15 is 0 Å². The Balaban J connectivity index is 2.98. The van der Waals surface area contributed by atoms with Crippen LogP contribution < -0.4 is 22.5 Å². The van der Waals surface area contributed by atoms with Gasteiger partial charge in [-0.1, -0.05) is 0 Å². The van der Waals surface area contributed by atoms with E-state index in [4.69, 9.17) is 21.9 Å². The highest BCUT2D eigenvalue weighted by molar-refractivity contribution is 6.10. The molecule has 3 atom stereocenters. The number of aliphatic carboxylic acids is 1. The maximum Gasteiger partial charge on any atom is 0.337 e. The molecule has 13 nitrogen and oxygen atoms in total. The van der Waals surface area contributed by atoms with Crippen molar-refractivity contribution in [2.24, 2.45) is 22.2 Å². The summed E-state index contributed by atoms with van der Waals surface area (Å²) in [4.78, 5) is 66.3. The smallest absolute Gasteiger partial charge is 0.337 e. The largest absolute Gasteiger partial charge is 0.481 e. The number of nitrogens with two attached hydrogens (primary N) is 3. The summed E-state index contributed by atoms with van der Waals surface area (Å²) in [5.41, 5.74) is 13.0. The fourth-order valence-corrected chi connectivity index (χ4v) is 3.35. The number of carboxylic acid groups (broad SMARTS) is 1. The number of ether oxygens (including phenoxy) is 1. The first-order valence-electron chi connectivity index (χ1n) is 10.6. The minimum atomic E-state index is -2.51. The van der Waals surface area contributed by atoms with E-state index in [1.165, 1.54) is 0 Å². The lowest BCUT2D eigenvalue weighted by atomic mass is 9.93. The van der Waals surface area contributed by atoms with Crippen molar-refractivity contribution in [1.29, 1.82) is 0 Å². The van der Waals surface area contributed by atoms with Crippen molar-refractivity contribution in [2.75, 3.05) is 13.1 Å². The number of hydrogen-bond donors (Lipinski definition) is 5. The summed E-state index contributed by atoms with van der Waals surface area (Å²) in [7, 11) is 0. The summed E-state index contributed by atoms with van der Waals surface area (Å²) < 4.78 is 5.18. The SMILES string of the molecule is CC(C)(C)OC(=O)[C@](N)(CC(=O)O)C(=O)N1CCC[C@H]1C(=O)N[C@H](C=O)CCCN=C(N)N. The molecule has 0 aromatic heterocycles. The second-order valence-electron chi connectivity index (χ2n) is 8.90. The van der Waals surface area contributed by atoms with Gasteiger partial charge in [0.1, 0.15) is 17.9 Å². The number of amides is 2. The molecule has 2 amide bonds. The van der Waals surface area contributed by atoms with E-state index in [1.54, 1.807) is 20.8 Å². The number of carbonyl (C=O) groups excluding carboxylic acids is 4. The van der Waals surface area contributed by atoms with Crippen LogP contribution in [0.25, 0.3) is 0 Å². The third-order valence-electron chi connectivity index (χ3n) is 4.85. The Kier molecular flexibility index (Phi) is 9.77. The lowest BCUT2D eigenvalue weighted by Crippen LogP contribution is -2.64. The van der Waals surface area contributed by atoms with Crippen molar-refractivity contribution in [1.82, 2.24) is 10.2 Å². The second kappa shape index (κ2) is 11.6. The molecule has 0 unspecified atom stereocenters. The lowest BCUT2D eigenvalue weighted by molar-refractivity contribution is -0.170. The number of likely N-dealkylation sites (tertiary alicyclic amines) is 1. The van der Waals surface area contributed by atoms with E-state index in [1.807, 2.05) is 0 Å². The average molecular weight is 471 g/mol. The molecule has 1 rings (SSSR count). The van der Waals surface area contributed by atoms with Gasteiger partial charge in [-0.2, -0.15) is 0 Å². The molecule has 8 N–H and O–H groups in total. The number of hydrogen-bond acceptors (Lipinski definition) is 8. The summed E-state index contributed by atoms with van der Waals surface area (Å²) >= 11 is 0. The van der Waals surface area contributed by atoms with Crippen LogP contribution in [0.2, 0.25) is 0 Å². The number of aliphatic imine (C=N–C) groups is 1. The van der Waals surface area contributed by atoms with Crippen molar-refractivity contribution < 1.29 is 33.8 Å². The summed E-state index contributed by atoms with van der Waals surface area (Å²) in [5, 5.41) is 11.8. The highest BCUT2D eigenvalue weighted by Crippen LogP contribution is 2.25. The molecule has 1 fully saturated rings. The van der Waals surface area contributed by atoms with Crippen LogP contribution in [-0.2, 0) is 28.7 Å². The summed E-state index contributed by atoms with van der Waals surface area (Å²) in [6, 6.07) is -1.85. The average Bonchev–Trinajstić information content (AvgIpc) is 3.17. The number of carboxylic acids is 1. The first-order chi connectivity index (χ1) is 15.2. The maximum absolute atomic E-state index is 13.2. The third-order valence-corrected chi connectivity index (χ3v) is 4.85. The van der Waals surface area contributed by atoms with Gasteiger partial charge in [-0.3, -0.25) is 19.4 Å². The Morgan fingerprint density at radius 2 is 1.91 bits per heavy atom. The summed E-state index contributed by atoms with van der Waals surface area (Å²) in [6.45, 7) is 5.02. The van der Waals surface area contributed by atoms with Crippen LogP contribution in [0, 0.1) is 0 Å². The normalized spacial score (nSPS) is 18.5. The van der Waals surface area contributed by atoms with Gasteiger partial charge in [0.05, 0.1) is 12.5 Å². The molecule has 0 aliphatic carbocycles. The van der Waals surface area contributed by atoms with Gasteiger partial charge in [-0.25, -0.2) is 4.79 Å². The highest BCUT2D eigenvalue weighted by Gasteiger charge is 2.52. The predicted molar refractivity (Wildman–Crippen MR) is 118 cm³/mol. The van der Waals surface area contributed by atoms with Crippen LogP contribution in [0.3, 0.4) is 0 Å². The highest BCUT2D eigenvalue weighted by atomic mass is 16.6. The molecule has 13 heteroatoms. The standard InChI is InChI=1S/C20H34N6O7/c1-19(2,3)33-17(32)20(23,10-14(28)29)16(31)26-9-5-7-13(26)15(30)25-12(11-27)6-4-8-24-18(21)22/h11-13H,4-10,23H2,1-3H3,(H,25,30)(H,28,29)(H4,21,22,24)/t12-,13-,20-/m0/s1. The van der Waals surface area contributed by atoms with Crippen LogP contribution in [0.4, 0.5) is 0 Å². The molecular formula is C20H34N6O7. The van der Waals surface area contributed by atoms with Gasteiger partial charge in [0.15, 0.2) is 5.96 Å². The van der Waals surface area contributed by atoms with Gasteiger partial charge in [0, 0.05) is 13.1 Å². The van der Waals surface area contributed by atoms with Gasteiger partial charge >= 0.3 is 11.9 Å². The number of esters is 1. The van der Waals surface area contributed by atoms with Crippen LogP contribution in [-0.4, -0.2) is 82.3 Å². The quantitative estimate of drug-likeness (QED) is 0.0570. The van der Waals surface area contributed by atoms with Crippen LogP contribution in [0.15, 0.2) is 4.99 Å². The monoisotopic (exact) mass is 470 g/mol. The molecule has 0 saturated carbocycles. The minimum absolute atomic E-state index is 0.0848. The van der Waals surface area contributed by atoms with Gasteiger partial charge in [0.25, 0.3) is 5.91 Å². The fraction of sp³-hybridized carbons (Fsp3) is 0.700. The molecular weight excluding hydrogens is 436 g/mol. The zero-order valence-electron chi connectivity index (χ0n) is 19.2. The molecule has 0 aromatic carbocycles. The number of guanidine groups is 1. The van der Waals surface area contributed by atoms with Crippen molar-refractivity contribution in [2.45, 2.75) is 76.1 Å². The molecule has 0 spiro atoms. The molecule has 1 saturated heterocycles. The molecule has 1 aliphatic rings. The molecule has 0 aromatic rings.